The first-order valence-electron chi connectivity index (χ1n) is 4.61. The molecule has 0 aliphatic heterocycles. The van der Waals surface area contributed by atoms with Crippen molar-refractivity contribution in [2.75, 3.05) is 7.11 Å². The van der Waals surface area contributed by atoms with Gasteiger partial charge in [0.1, 0.15) is 0 Å². The van der Waals surface area contributed by atoms with Crippen LogP contribution >= 0.6 is 0 Å². The molecule has 0 spiro atoms. The van der Waals surface area contributed by atoms with Gasteiger partial charge in [0.05, 0.1) is 13.7 Å². The number of carbonyl (C=O) groups excluding carboxylic acids is 1. The maximum absolute atomic E-state index is 13.5. The molecule has 80 valence electrons. The molecule has 1 aromatic rings. The fourth-order valence-corrected chi connectivity index (χ4v) is 1.38. The van der Waals surface area contributed by atoms with Gasteiger partial charge in [-0.2, -0.15) is 0 Å². The van der Waals surface area contributed by atoms with Gasteiger partial charge in [-0.25, -0.2) is 14.2 Å². The van der Waals surface area contributed by atoms with Crippen LogP contribution in [0.25, 0.3) is 0 Å². The van der Waals surface area contributed by atoms with Crippen LogP contribution in [0.3, 0.4) is 0 Å². The number of nitrogens with zero attached hydrogens (tertiary/aromatic N) is 1. The fourth-order valence-electron chi connectivity index (χ4n) is 1.38. The van der Waals surface area contributed by atoms with Gasteiger partial charge in [0.25, 0.3) is 0 Å². The van der Waals surface area contributed by atoms with Crippen LogP contribution in [0.5, 0.6) is 5.75 Å². The molecule has 0 amide bonds. The average molecular weight is 209 g/mol. The largest absolute Gasteiger partial charge is 0.493 e. The zero-order chi connectivity index (χ0) is 11.3. The van der Waals surface area contributed by atoms with Crippen molar-refractivity contribution in [2.45, 2.75) is 19.9 Å². The molecular formula is C11H12FNO2. The van der Waals surface area contributed by atoms with E-state index < -0.39 is 5.82 Å². The smallest absolute Gasteiger partial charge is 0.235 e. The Labute approximate surface area is 87.6 Å². The predicted octanol–water partition coefficient (Wildman–Crippen LogP) is 2.23. The third-order valence-electron chi connectivity index (χ3n) is 2.11. The van der Waals surface area contributed by atoms with Crippen LogP contribution in [0.1, 0.15) is 18.1 Å². The molecule has 0 fully saturated rings. The molecule has 0 unspecified atom stereocenters. The van der Waals surface area contributed by atoms with Crippen molar-refractivity contribution < 1.29 is 13.9 Å². The van der Waals surface area contributed by atoms with Gasteiger partial charge in [-0.15, -0.1) is 0 Å². The van der Waals surface area contributed by atoms with Crippen LogP contribution in [-0.2, 0) is 17.8 Å². The lowest BCUT2D eigenvalue weighted by Gasteiger charge is -2.09. The lowest BCUT2D eigenvalue weighted by Crippen LogP contribution is -1.97. The summed E-state index contributed by atoms with van der Waals surface area (Å²) in [7, 11) is 1.39. The van der Waals surface area contributed by atoms with E-state index in [9.17, 15) is 9.18 Å². The molecule has 0 aromatic heterocycles. The molecule has 0 atom stereocenters. The Morgan fingerprint density at radius 3 is 2.80 bits per heavy atom. The Balaban J connectivity index is 3.18. The molecule has 0 saturated carbocycles. The number of halogens is 1. The van der Waals surface area contributed by atoms with E-state index >= 15 is 0 Å². The summed E-state index contributed by atoms with van der Waals surface area (Å²) in [5.41, 5.74) is 1.42. The van der Waals surface area contributed by atoms with E-state index in [1.807, 2.05) is 6.92 Å². The lowest BCUT2D eigenvalue weighted by molar-refractivity contribution is 0.381. The summed E-state index contributed by atoms with van der Waals surface area (Å²) in [5.74, 6) is -0.279. The van der Waals surface area contributed by atoms with Crippen LogP contribution < -0.4 is 4.74 Å². The number of rotatable bonds is 4. The molecule has 4 heteroatoms. The summed E-state index contributed by atoms with van der Waals surface area (Å²) >= 11 is 0. The number of aliphatic imine (C=N–C) groups is 1. The van der Waals surface area contributed by atoms with Gasteiger partial charge in [-0.05, 0) is 24.1 Å². The fraction of sp³-hybridized carbons (Fsp3) is 0.364. The van der Waals surface area contributed by atoms with E-state index in [4.69, 9.17) is 4.74 Å². The summed E-state index contributed by atoms with van der Waals surface area (Å²) < 4.78 is 18.4. The monoisotopic (exact) mass is 209 g/mol. The molecule has 0 heterocycles. The maximum Gasteiger partial charge on any atom is 0.235 e. The van der Waals surface area contributed by atoms with Crippen molar-refractivity contribution in [1.82, 2.24) is 0 Å². The van der Waals surface area contributed by atoms with Gasteiger partial charge in [0.2, 0.25) is 6.08 Å². The number of methoxy groups -OCH3 is 1. The molecule has 0 N–H and O–H groups in total. The summed E-state index contributed by atoms with van der Waals surface area (Å²) in [6.07, 6.45) is 2.14. The Hall–Kier alpha value is -1.67. The Bertz CT molecular complexity index is 398. The number of aryl methyl sites for hydroxylation is 1. The lowest BCUT2D eigenvalue weighted by atomic mass is 10.1. The van der Waals surface area contributed by atoms with Crippen molar-refractivity contribution in [3.63, 3.8) is 0 Å². The van der Waals surface area contributed by atoms with Gasteiger partial charge in [0.15, 0.2) is 11.6 Å². The van der Waals surface area contributed by atoms with Crippen LogP contribution in [-0.4, -0.2) is 13.2 Å². The minimum Gasteiger partial charge on any atom is -0.493 e. The standard InChI is InChI=1S/C11H12FNO2/c1-3-8-4-9(6-13-7-14)11(15-2)10(12)5-8/h4-5H,3,6H2,1-2H3. The van der Waals surface area contributed by atoms with Crippen molar-refractivity contribution >= 4 is 6.08 Å². The zero-order valence-corrected chi connectivity index (χ0v) is 8.71. The van der Waals surface area contributed by atoms with Crippen LogP contribution in [0, 0.1) is 5.82 Å². The highest BCUT2D eigenvalue weighted by Crippen LogP contribution is 2.25. The molecular weight excluding hydrogens is 197 g/mol. The molecule has 0 saturated heterocycles. The Kier molecular flexibility index (Phi) is 4.01. The zero-order valence-electron chi connectivity index (χ0n) is 8.71. The average Bonchev–Trinajstić information content (AvgIpc) is 2.25. The maximum atomic E-state index is 13.5. The first kappa shape index (κ1) is 11.4. The predicted molar refractivity (Wildman–Crippen MR) is 54.2 cm³/mol. The Morgan fingerprint density at radius 1 is 1.53 bits per heavy atom. The quantitative estimate of drug-likeness (QED) is 0.563. The highest BCUT2D eigenvalue weighted by Gasteiger charge is 2.10. The van der Waals surface area contributed by atoms with Crippen LogP contribution in [0.15, 0.2) is 17.1 Å². The summed E-state index contributed by atoms with van der Waals surface area (Å²) in [6.45, 7) is 2.02. The van der Waals surface area contributed by atoms with E-state index in [1.165, 1.54) is 19.3 Å². The molecule has 1 rings (SSSR count). The normalized spacial score (nSPS) is 9.53. The number of ether oxygens (including phenoxy) is 1. The Morgan fingerprint density at radius 2 is 2.27 bits per heavy atom. The molecule has 15 heavy (non-hydrogen) atoms. The van der Waals surface area contributed by atoms with Gasteiger partial charge < -0.3 is 4.74 Å². The first-order valence-corrected chi connectivity index (χ1v) is 4.61. The summed E-state index contributed by atoms with van der Waals surface area (Å²) in [5, 5.41) is 0. The topological polar surface area (TPSA) is 38.7 Å². The number of hydrogen-bond acceptors (Lipinski definition) is 3. The molecule has 0 aliphatic rings. The SMILES string of the molecule is CCc1cc(F)c(OC)c(CN=C=O)c1. The van der Waals surface area contributed by atoms with Gasteiger partial charge >= 0.3 is 0 Å². The van der Waals surface area contributed by atoms with Gasteiger partial charge in [0, 0.05) is 5.56 Å². The van der Waals surface area contributed by atoms with E-state index in [0.29, 0.717) is 5.56 Å². The number of benzene rings is 1. The third kappa shape index (κ3) is 2.64. The first-order chi connectivity index (χ1) is 7.22. The number of hydrogen-bond donors (Lipinski definition) is 0. The van der Waals surface area contributed by atoms with Gasteiger partial charge in [-0.1, -0.05) is 6.92 Å². The van der Waals surface area contributed by atoms with Crippen LogP contribution in [0.4, 0.5) is 4.39 Å². The second kappa shape index (κ2) is 5.27. The van der Waals surface area contributed by atoms with E-state index in [-0.39, 0.29) is 12.3 Å². The molecule has 3 nitrogen and oxygen atoms in total. The van der Waals surface area contributed by atoms with Crippen molar-refractivity contribution in [2.24, 2.45) is 4.99 Å². The minimum atomic E-state index is -0.423. The highest BCUT2D eigenvalue weighted by atomic mass is 19.1. The van der Waals surface area contributed by atoms with Gasteiger partial charge in [-0.3, -0.25) is 0 Å². The summed E-state index contributed by atoms with van der Waals surface area (Å²) in [6, 6.07) is 3.20. The van der Waals surface area contributed by atoms with E-state index in [1.54, 1.807) is 6.07 Å². The molecule has 0 radical (unpaired) electrons. The van der Waals surface area contributed by atoms with Crippen LogP contribution in [0.2, 0.25) is 0 Å². The third-order valence-corrected chi connectivity index (χ3v) is 2.11. The minimum absolute atomic E-state index is 0.0947. The van der Waals surface area contributed by atoms with Crippen molar-refractivity contribution in [1.29, 1.82) is 0 Å². The molecule has 0 aliphatic carbocycles. The second-order valence-electron chi connectivity index (χ2n) is 3.03. The van der Waals surface area contributed by atoms with Crippen molar-refractivity contribution in [3.05, 3.63) is 29.1 Å². The second-order valence-corrected chi connectivity index (χ2v) is 3.03. The summed E-state index contributed by atoms with van der Waals surface area (Å²) in [4.78, 5) is 13.4. The molecule has 0 bridgehead atoms. The van der Waals surface area contributed by atoms with Crippen molar-refractivity contribution in [3.8, 4) is 5.75 Å². The van der Waals surface area contributed by atoms with E-state index in [0.717, 1.165) is 12.0 Å². The highest BCUT2D eigenvalue weighted by molar-refractivity contribution is 5.41. The van der Waals surface area contributed by atoms with E-state index in [2.05, 4.69) is 4.99 Å². The number of isocyanates is 1. The molecule has 1 aromatic carbocycles.